The monoisotopic (exact) mass is 490 g/mol. The van der Waals surface area contributed by atoms with Crippen molar-refractivity contribution in [2.24, 2.45) is 0 Å². The largest absolute Gasteiger partial charge is 0.476 e. The third-order valence-electron chi connectivity index (χ3n) is 6.54. The van der Waals surface area contributed by atoms with Gasteiger partial charge in [0.05, 0.1) is 24.7 Å². The molecule has 13 heteroatoms. The number of aryl methyl sites for hydroxylation is 1. The zero-order chi connectivity index (χ0) is 24.8. The summed E-state index contributed by atoms with van der Waals surface area (Å²) in [6.45, 7) is 1.53. The topological polar surface area (TPSA) is 153 Å². The fourth-order valence-corrected chi connectivity index (χ4v) is 4.69. The van der Waals surface area contributed by atoms with Crippen LogP contribution in [0.1, 0.15) is 52.1 Å². The van der Waals surface area contributed by atoms with Gasteiger partial charge in [-0.1, -0.05) is 5.21 Å². The Morgan fingerprint density at radius 1 is 1.19 bits per heavy atom. The lowest BCUT2D eigenvalue weighted by Gasteiger charge is -2.29. The van der Waals surface area contributed by atoms with Gasteiger partial charge in [0, 0.05) is 25.1 Å². The van der Waals surface area contributed by atoms with Crippen LogP contribution in [0.5, 0.6) is 5.88 Å². The number of hydrogen-bond donors (Lipinski definition) is 2. The molecule has 1 atom stereocenters. The van der Waals surface area contributed by atoms with Gasteiger partial charge in [-0.3, -0.25) is 24.5 Å². The van der Waals surface area contributed by atoms with E-state index < -0.39 is 17.9 Å². The Morgan fingerprint density at radius 3 is 2.94 bits per heavy atom. The predicted octanol–water partition coefficient (Wildman–Crippen LogP) is 0.650. The zero-order valence-corrected chi connectivity index (χ0v) is 19.1. The maximum absolute atomic E-state index is 12.9. The number of rotatable bonds is 4. The fourth-order valence-electron chi connectivity index (χ4n) is 4.69. The number of amides is 4. The van der Waals surface area contributed by atoms with Crippen LogP contribution in [0.2, 0.25) is 0 Å². The Morgan fingerprint density at radius 2 is 2.08 bits per heavy atom. The highest BCUT2D eigenvalue weighted by Crippen LogP contribution is 2.30. The summed E-state index contributed by atoms with van der Waals surface area (Å²) in [6.07, 6.45) is 5.41. The lowest BCUT2D eigenvalue weighted by atomic mass is 10.0. The van der Waals surface area contributed by atoms with Crippen molar-refractivity contribution in [1.82, 2.24) is 35.0 Å². The molecule has 0 spiro atoms. The average Bonchev–Trinajstić information content (AvgIpc) is 3.53. The number of benzene rings is 1. The number of piperidine rings is 1. The molecule has 1 unspecified atom stereocenters. The molecule has 3 aromatic rings. The van der Waals surface area contributed by atoms with E-state index in [0.29, 0.717) is 35.8 Å². The lowest BCUT2D eigenvalue weighted by Crippen LogP contribution is -2.52. The van der Waals surface area contributed by atoms with E-state index in [2.05, 4.69) is 26.0 Å². The SMILES string of the molecule is O=C1CCC(N2Cc3cc(-n4cc(C(=O)Nc5cnn6c5OCCCC6)nn4)ccc3C2=O)C(=O)N1. The van der Waals surface area contributed by atoms with Gasteiger partial charge in [-0.05, 0) is 43.0 Å². The van der Waals surface area contributed by atoms with Crippen LogP contribution in [0.4, 0.5) is 5.69 Å². The van der Waals surface area contributed by atoms with Gasteiger partial charge in [0.2, 0.25) is 17.7 Å². The number of aromatic nitrogens is 5. The maximum atomic E-state index is 12.9. The van der Waals surface area contributed by atoms with Gasteiger partial charge in [0.1, 0.15) is 11.7 Å². The van der Waals surface area contributed by atoms with Crippen molar-refractivity contribution >= 4 is 29.3 Å². The fraction of sp³-hybridized carbons (Fsp3) is 0.348. The minimum absolute atomic E-state index is 0.102. The molecule has 0 bridgehead atoms. The molecular formula is C23H22N8O5. The number of nitrogens with one attached hydrogen (secondary N) is 2. The molecule has 1 aromatic carbocycles. The van der Waals surface area contributed by atoms with Crippen molar-refractivity contribution in [2.45, 2.75) is 44.8 Å². The van der Waals surface area contributed by atoms with Crippen LogP contribution in [-0.2, 0) is 22.7 Å². The predicted molar refractivity (Wildman–Crippen MR) is 122 cm³/mol. The highest BCUT2D eigenvalue weighted by molar-refractivity contribution is 6.05. The maximum Gasteiger partial charge on any atom is 0.278 e. The van der Waals surface area contributed by atoms with Gasteiger partial charge in [-0.15, -0.1) is 5.10 Å². The standard InChI is InChI=1S/C23H22N8O5/c32-19-6-5-18(21(34)26-19)29-11-13-9-14(3-4-15(13)22(29)35)31-12-17(27-28-31)20(33)25-16-10-24-30-7-1-2-8-36-23(16)30/h3-4,9-10,12,18H,1-2,5-8,11H2,(H,25,33)(H,26,32,34). The Hall–Kier alpha value is -4.55. The van der Waals surface area contributed by atoms with Gasteiger partial charge >= 0.3 is 0 Å². The van der Waals surface area contributed by atoms with Crippen molar-refractivity contribution in [3.63, 3.8) is 0 Å². The summed E-state index contributed by atoms with van der Waals surface area (Å²) in [5.41, 5.74) is 2.40. The van der Waals surface area contributed by atoms with Gasteiger partial charge in [-0.2, -0.15) is 5.10 Å². The smallest absolute Gasteiger partial charge is 0.278 e. The molecule has 6 rings (SSSR count). The molecule has 3 aliphatic heterocycles. The van der Waals surface area contributed by atoms with Crippen molar-refractivity contribution in [3.05, 3.63) is 47.4 Å². The first kappa shape index (κ1) is 21.9. The molecule has 184 valence electrons. The van der Waals surface area contributed by atoms with Gasteiger partial charge in [0.15, 0.2) is 5.69 Å². The van der Waals surface area contributed by atoms with Crippen molar-refractivity contribution in [2.75, 3.05) is 11.9 Å². The molecule has 0 radical (unpaired) electrons. The van der Waals surface area contributed by atoms with E-state index in [0.717, 1.165) is 24.9 Å². The van der Waals surface area contributed by atoms with Gasteiger partial charge in [0.25, 0.3) is 11.8 Å². The van der Waals surface area contributed by atoms with Crippen LogP contribution in [0, 0.1) is 0 Å². The van der Waals surface area contributed by atoms with E-state index in [1.807, 2.05) is 0 Å². The second-order valence-corrected chi connectivity index (χ2v) is 8.89. The molecule has 1 saturated heterocycles. The van der Waals surface area contributed by atoms with E-state index in [1.165, 1.54) is 15.8 Å². The van der Waals surface area contributed by atoms with Crippen LogP contribution < -0.4 is 15.4 Å². The summed E-state index contributed by atoms with van der Waals surface area (Å²) < 4.78 is 8.89. The molecule has 0 saturated carbocycles. The molecule has 1 fully saturated rings. The lowest BCUT2D eigenvalue weighted by molar-refractivity contribution is -0.136. The molecular weight excluding hydrogens is 468 g/mol. The van der Waals surface area contributed by atoms with Crippen LogP contribution in [0.25, 0.3) is 5.69 Å². The van der Waals surface area contributed by atoms with Gasteiger partial charge in [-0.25, -0.2) is 9.36 Å². The number of carbonyl (C=O) groups is 4. The summed E-state index contributed by atoms with van der Waals surface area (Å²) >= 11 is 0. The van der Waals surface area contributed by atoms with Crippen LogP contribution in [0.3, 0.4) is 0 Å². The number of ether oxygens (including phenoxy) is 1. The van der Waals surface area contributed by atoms with E-state index in [4.69, 9.17) is 4.74 Å². The first-order chi connectivity index (χ1) is 17.5. The molecule has 2 N–H and O–H groups in total. The normalized spacial score (nSPS) is 19.3. The molecule has 0 aliphatic carbocycles. The third-order valence-corrected chi connectivity index (χ3v) is 6.54. The molecule has 4 amide bonds. The minimum atomic E-state index is -0.685. The Bertz CT molecular complexity index is 1410. The number of imide groups is 1. The van der Waals surface area contributed by atoms with Gasteiger partial charge < -0.3 is 15.0 Å². The molecule has 5 heterocycles. The number of anilines is 1. The average molecular weight is 490 g/mol. The Kier molecular flexibility index (Phi) is 5.24. The summed E-state index contributed by atoms with van der Waals surface area (Å²) in [7, 11) is 0. The van der Waals surface area contributed by atoms with E-state index >= 15 is 0 Å². The Balaban J connectivity index is 1.18. The Labute approximate surface area is 204 Å². The highest BCUT2D eigenvalue weighted by atomic mass is 16.5. The van der Waals surface area contributed by atoms with E-state index in [1.54, 1.807) is 29.1 Å². The summed E-state index contributed by atoms with van der Waals surface area (Å²) in [5, 5.41) is 17.4. The number of carbonyl (C=O) groups excluding carboxylic acids is 4. The van der Waals surface area contributed by atoms with Crippen LogP contribution in [0.15, 0.2) is 30.6 Å². The molecule has 13 nitrogen and oxygen atoms in total. The molecule has 3 aliphatic rings. The van der Waals surface area contributed by atoms with E-state index in [9.17, 15) is 19.2 Å². The highest BCUT2D eigenvalue weighted by Gasteiger charge is 2.39. The summed E-state index contributed by atoms with van der Waals surface area (Å²) in [5.74, 6) is -0.972. The third kappa shape index (κ3) is 3.78. The summed E-state index contributed by atoms with van der Waals surface area (Å²) in [4.78, 5) is 50.9. The summed E-state index contributed by atoms with van der Waals surface area (Å²) in [6, 6.07) is 4.46. The number of nitrogens with zero attached hydrogens (tertiary/aromatic N) is 6. The quantitative estimate of drug-likeness (QED) is 0.506. The first-order valence-corrected chi connectivity index (χ1v) is 11.7. The second kappa shape index (κ2) is 8.59. The number of hydrogen-bond acceptors (Lipinski definition) is 8. The second-order valence-electron chi connectivity index (χ2n) is 8.89. The molecule has 2 aromatic heterocycles. The van der Waals surface area contributed by atoms with Crippen LogP contribution >= 0.6 is 0 Å². The molecule has 36 heavy (non-hydrogen) atoms. The zero-order valence-electron chi connectivity index (χ0n) is 19.1. The van der Waals surface area contributed by atoms with Crippen molar-refractivity contribution in [3.8, 4) is 11.6 Å². The first-order valence-electron chi connectivity index (χ1n) is 11.7. The van der Waals surface area contributed by atoms with E-state index in [-0.39, 0.29) is 30.5 Å². The van der Waals surface area contributed by atoms with Crippen molar-refractivity contribution < 1.29 is 23.9 Å². The number of fused-ring (bicyclic) bond motifs is 2. The minimum Gasteiger partial charge on any atom is -0.476 e. The van der Waals surface area contributed by atoms with Crippen molar-refractivity contribution in [1.29, 1.82) is 0 Å². The van der Waals surface area contributed by atoms with Crippen LogP contribution in [-0.4, -0.2) is 66.0 Å².